The van der Waals surface area contributed by atoms with Crippen LogP contribution in [0.2, 0.25) is 9.44 Å². The molecule has 0 bridgehead atoms. The molecule has 0 saturated heterocycles. The first-order valence-electron chi connectivity index (χ1n) is 31.7. The molecular weight excluding hydrogens is 1210 g/mol. The second-order valence-corrected chi connectivity index (χ2v) is 70.4. The van der Waals surface area contributed by atoms with Crippen molar-refractivity contribution in [3.05, 3.63) is 264 Å². The van der Waals surface area contributed by atoms with Crippen molar-refractivity contribution in [1.82, 2.24) is 0 Å². The molecule has 0 radical (unpaired) electrons. The van der Waals surface area contributed by atoms with Gasteiger partial charge in [-0.1, -0.05) is 0 Å². The molecule has 85 heavy (non-hydrogen) atoms. The molecule has 0 spiro atoms. The Balaban J connectivity index is 1.65. The van der Waals surface area contributed by atoms with Crippen LogP contribution in [-0.4, -0.2) is 85.7 Å². The van der Waals surface area contributed by atoms with Gasteiger partial charge in [-0.25, -0.2) is 0 Å². The van der Waals surface area contributed by atoms with E-state index < -0.39 is 99.8 Å². The number of hydrogen-bond donors (Lipinski definition) is 0. The first kappa shape index (κ1) is 64.9. The third-order valence-electron chi connectivity index (χ3n) is 21.4. The van der Waals surface area contributed by atoms with Crippen molar-refractivity contribution in [3.8, 4) is 0 Å². The van der Waals surface area contributed by atoms with E-state index in [4.69, 9.17) is 0 Å². The van der Waals surface area contributed by atoms with Gasteiger partial charge in [0.15, 0.2) is 0 Å². The molecule has 9 aromatic carbocycles. The summed E-state index contributed by atoms with van der Waals surface area (Å²) < 4.78 is 0.947. The molecule has 0 unspecified atom stereocenters. The molecule has 0 aliphatic carbocycles. The van der Waals surface area contributed by atoms with Crippen molar-refractivity contribution in [2.45, 2.75) is 134 Å². The zero-order chi connectivity index (χ0) is 61.1. The number of aryl methyl sites for hydroxylation is 9. The molecule has 0 aliphatic heterocycles. The molecule has 9 rings (SSSR count). The van der Waals surface area contributed by atoms with Crippen molar-refractivity contribution < 1.29 is 14.1 Å². The Bertz CT molecular complexity index is 3130. The molecule has 0 atom stereocenters. The molecule has 0 N–H and O–H groups in total. The van der Waals surface area contributed by atoms with Crippen LogP contribution in [0.15, 0.2) is 164 Å². The molecular formula is C75H99CrSi9+3. The summed E-state index contributed by atoms with van der Waals surface area (Å²) in [6.45, 7) is 45.1. The van der Waals surface area contributed by atoms with Gasteiger partial charge in [0.2, 0.25) is 0 Å². The van der Waals surface area contributed by atoms with E-state index in [1.807, 2.05) is 0 Å². The van der Waals surface area contributed by atoms with Crippen molar-refractivity contribution in [2.24, 2.45) is 0 Å². The normalized spacial score (nSPS) is 15.0. The van der Waals surface area contributed by atoms with E-state index >= 15 is 0 Å². The van der Waals surface area contributed by atoms with E-state index in [0.717, 1.165) is 0 Å². The maximum absolute atomic E-state index is 2.73. The Morgan fingerprint density at radius 2 is 0.282 bits per heavy atom. The Hall–Kier alpha value is -4.54. The zero-order valence-electron chi connectivity index (χ0n) is 55.4. The minimum atomic E-state index is -2.00. The molecule has 438 valence electrons. The van der Waals surface area contributed by atoms with Gasteiger partial charge in [-0.3, -0.25) is 0 Å². The van der Waals surface area contributed by atoms with Gasteiger partial charge in [0.25, 0.3) is 0 Å². The van der Waals surface area contributed by atoms with Gasteiger partial charge in [0, 0.05) is 0 Å². The van der Waals surface area contributed by atoms with Crippen LogP contribution in [0.5, 0.6) is 0 Å². The van der Waals surface area contributed by atoms with Crippen molar-refractivity contribution in [3.63, 3.8) is 0 Å². The average molecular weight is 1310 g/mol. The van der Waals surface area contributed by atoms with Gasteiger partial charge < -0.3 is 0 Å². The first-order chi connectivity index (χ1) is 40.5. The summed E-state index contributed by atoms with van der Waals surface area (Å²) in [5, 5.41) is 16.2. The van der Waals surface area contributed by atoms with Gasteiger partial charge in [-0.05, 0) is 0 Å². The Morgan fingerprint density at radius 1 is 0.176 bits per heavy atom. The molecule has 10 heteroatoms. The second kappa shape index (κ2) is 27.5. The van der Waals surface area contributed by atoms with Gasteiger partial charge in [0.05, 0.1) is 0 Å². The summed E-state index contributed by atoms with van der Waals surface area (Å²) >= 11 is -2.00. The summed E-state index contributed by atoms with van der Waals surface area (Å²) in [5.74, 6) is 0. The van der Waals surface area contributed by atoms with Gasteiger partial charge in [0.1, 0.15) is 0 Å². The van der Waals surface area contributed by atoms with Crippen LogP contribution >= 0.6 is 0 Å². The van der Waals surface area contributed by atoms with Crippen LogP contribution in [0.1, 0.15) is 100 Å². The molecule has 0 heterocycles. The van der Waals surface area contributed by atoms with E-state index in [1.165, 1.54) is 50.1 Å². The Labute approximate surface area is 539 Å². The van der Waals surface area contributed by atoms with Crippen LogP contribution < -0.4 is 46.7 Å². The monoisotopic (exact) mass is 1300 g/mol. The number of hydrogen-bond acceptors (Lipinski definition) is 0. The Kier molecular flexibility index (Phi) is 21.0. The molecule has 0 saturated carbocycles. The summed E-state index contributed by atoms with van der Waals surface area (Å²) in [7, 11) is -9.30. The molecule has 0 fully saturated rings. The van der Waals surface area contributed by atoms with Crippen LogP contribution in [0, 0.1) is 125 Å². The zero-order valence-corrected chi connectivity index (χ0v) is 69.4. The summed E-state index contributed by atoms with van der Waals surface area (Å²) in [6.07, 6.45) is 0. The number of benzene rings is 9. The van der Waals surface area contributed by atoms with E-state index in [0.29, 0.717) is 9.44 Å². The third-order valence-corrected chi connectivity index (χ3v) is 71.8. The Morgan fingerprint density at radius 3 is 0.388 bits per heavy atom. The van der Waals surface area contributed by atoms with Gasteiger partial charge in [-0.15, -0.1) is 0 Å². The van der Waals surface area contributed by atoms with Crippen LogP contribution in [-0.2, 0) is 14.1 Å². The summed E-state index contributed by atoms with van der Waals surface area (Å²) in [4.78, 5) is 0. The van der Waals surface area contributed by atoms with E-state index in [9.17, 15) is 0 Å². The van der Waals surface area contributed by atoms with Crippen LogP contribution in [0.4, 0.5) is 0 Å². The predicted octanol–water partition coefficient (Wildman–Crippen LogP) is 5.70. The number of rotatable bonds is 21. The molecule has 9 aromatic rings. The average Bonchev–Trinajstić information content (AvgIpc) is 0.814. The van der Waals surface area contributed by atoms with Crippen molar-refractivity contribution >= 4 is 132 Å². The van der Waals surface area contributed by atoms with Crippen molar-refractivity contribution in [2.75, 3.05) is 0 Å². The van der Waals surface area contributed by atoms with E-state index in [-0.39, 0.29) is 0 Å². The fraction of sp³-hybridized carbons (Fsp3) is 0.280. The summed E-state index contributed by atoms with van der Waals surface area (Å²) in [5.41, 5.74) is 28.0. The van der Waals surface area contributed by atoms with Crippen LogP contribution in [0.25, 0.3) is 0 Å². The molecule has 0 nitrogen and oxygen atoms in total. The molecule has 0 amide bonds. The predicted molar refractivity (Wildman–Crippen MR) is 405 cm³/mol. The minimum absolute atomic E-state index is 0.316. The molecule has 0 aliphatic rings. The quantitative estimate of drug-likeness (QED) is 0.0812. The summed E-state index contributed by atoms with van der Waals surface area (Å²) in [6, 6.07) is 69.1. The maximum atomic E-state index is 2.73. The SMILES string of the molecule is Cc1cccc([SiH2][C]([SiH2]c2cccc(C)c2C)([SiH2]c2cccc(C)c2C)[Cr+3]([C]([SiH2]c2cccc(C)c2C)([SiH2]c2cccc(C)c2C)[SiH2]c2cccc(C)c2C)[C]([SiH2]c2cccc(C)c2C)([SiH2]c2cccc(C)c2C)[SiH2]c2cccc(C)c2C)c1C. The van der Waals surface area contributed by atoms with Gasteiger partial charge >= 0.3 is 545 Å². The van der Waals surface area contributed by atoms with Gasteiger partial charge in [-0.2, -0.15) is 0 Å². The molecule has 0 aromatic heterocycles. The fourth-order valence-electron chi connectivity index (χ4n) is 14.7. The topological polar surface area (TPSA) is 0 Å². The standard InChI is InChI=1S/3C25H33Si3.Cr/c3*1-16-10-7-13-22(19(16)4)26-25(27-23-14-8-11-17(2)20(23)5)28-24-15-9-12-18(3)21(24)6;/h3*7-15H,26-28H2,1-6H3;/q;;;+3. The third kappa shape index (κ3) is 14.0. The first-order valence-corrected chi connectivity index (χ1v) is 46.3. The van der Waals surface area contributed by atoms with E-state index in [1.54, 1.807) is 96.8 Å². The fourth-order valence-corrected chi connectivity index (χ4v) is 111. The second-order valence-electron chi connectivity index (χ2n) is 26.7. The van der Waals surface area contributed by atoms with E-state index in [2.05, 4.69) is 288 Å². The van der Waals surface area contributed by atoms with Crippen LogP contribution in [0.3, 0.4) is 0 Å². The van der Waals surface area contributed by atoms with Crippen molar-refractivity contribution in [1.29, 1.82) is 0 Å².